The van der Waals surface area contributed by atoms with Crippen molar-refractivity contribution >= 4 is 29.1 Å². The summed E-state index contributed by atoms with van der Waals surface area (Å²) in [6.45, 7) is 0.174. The number of likely N-dealkylation sites (N-methyl/N-ethyl adjacent to an activating group) is 1. The maximum Gasteiger partial charge on any atom is 0.344 e. The summed E-state index contributed by atoms with van der Waals surface area (Å²) in [5.41, 5.74) is -1.40. The molecule has 3 atom stereocenters. The SMILES string of the molecule is CN1C[C@@H](c2ccccc2[N+](=O)[O-])[C@@]2(N=C(c3ccccc3)OC2=O)[C@@]12C(=O)Nc1ccccc12. The molecule has 3 aromatic carbocycles. The van der Waals surface area contributed by atoms with E-state index >= 15 is 0 Å². The average molecular weight is 468 g/mol. The van der Waals surface area contributed by atoms with Crippen molar-refractivity contribution in [2.75, 3.05) is 18.9 Å². The van der Waals surface area contributed by atoms with Crippen LogP contribution in [0.3, 0.4) is 0 Å². The van der Waals surface area contributed by atoms with Crippen molar-refractivity contribution in [3.63, 3.8) is 0 Å². The molecule has 3 aliphatic heterocycles. The summed E-state index contributed by atoms with van der Waals surface area (Å²) in [6.07, 6.45) is 0. The smallest absolute Gasteiger partial charge is 0.344 e. The van der Waals surface area contributed by atoms with E-state index in [1.54, 1.807) is 78.7 Å². The van der Waals surface area contributed by atoms with Gasteiger partial charge in [0.25, 0.3) is 11.6 Å². The number of ether oxygens (including phenoxy) is 1. The van der Waals surface area contributed by atoms with Gasteiger partial charge in [0.1, 0.15) is 0 Å². The zero-order valence-corrected chi connectivity index (χ0v) is 18.7. The molecule has 3 heterocycles. The Morgan fingerprint density at radius 1 is 1.03 bits per heavy atom. The molecule has 0 bridgehead atoms. The molecule has 35 heavy (non-hydrogen) atoms. The number of hydrogen-bond acceptors (Lipinski definition) is 7. The number of fused-ring (bicyclic) bond motifs is 3. The fourth-order valence-corrected chi connectivity index (χ4v) is 5.91. The van der Waals surface area contributed by atoms with E-state index in [0.29, 0.717) is 22.4 Å². The van der Waals surface area contributed by atoms with Crippen molar-refractivity contribution in [1.82, 2.24) is 4.90 Å². The number of likely N-dealkylation sites (tertiary alicyclic amines) is 1. The molecule has 1 N–H and O–H groups in total. The van der Waals surface area contributed by atoms with E-state index < -0.39 is 33.8 Å². The molecule has 0 unspecified atom stereocenters. The number of benzene rings is 3. The minimum atomic E-state index is -1.78. The standard InChI is InChI=1S/C26H20N4O5/c1-29-15-19(17-11-5-8-14-21(17)30(33)34)25(24(32)35-22(28-25)16-9-3-2-4-10-16)26(29)18-12-6-7-13-20(18)27-23(26)31/h2-14,19H,15H2,1H3,(H,27,31)/t19-,25-,26+/m0/s1. The minimum Gasteiger partial charge on any atom is -0.405 e. The van der Waals surface area contributed by atoms with E-state index in [1.165, 1.54) is 6.07 Å². The van der Waals surface area contributed by atoms with Gasteiger partial charge in [0.05, 0.1) is 4.92 Å². The van der Waals surface area contributed by atoms with E-state index in [4.69, 9.17) is 9.73 Å². The lowest BCUT2D eigenvalue weighted by molar-refractivity contribution is -0.385. The summed E-state index contributed by atoms with van der Waals surface area (Å²) >= 11 is 0. The van der Waals surface area contributed by atoms with Gasteiger partial charge >= 0.3 is 5.97 Å². The lowest BCUT2D eigenvalue weighted by Crippen LogP contribution is -2.61. The highest BCUT2D eigenvalue weighted by atomic mass is 16.6. The number of cyclic esters (lactones) is 1. The molecule has 0 radical (unpaired) electrons. The van der Waals surface area contributed by atoms with E-state index in [1.807, 2.05) is 6.07 Å². The fraction of sp³-hybridized carbons (Fsp3) is 0.192. The first kappa shape index (κ1) is 21.2. The topological polar surface area (TPSA) is 114 Å². The van der Waals surface area contributed by atoms with Gasteiger partial charge in [-0.1, -0.05) is 54.6 Å². The second-order valence-corrected chi connectivity index (χ2v) is 8.90. The van der Waals surface area contributed by atoms with E-state index in [2.05, 4.69) is 5.32 Å². The number of nitro benzene ring substituents is 1. The summed E-state index contributed by atoms with van der Waals surface area (Å²) in [5.74, 6) is -1.86. The van der Waals surface area contributed by atoms with Gasteiger partial charge in [-0.15, -0.1) is 0 Å². The molecule has 2 spiro atoms. The molecule has 0 aromatic heterocycles. The Morgan fingerprint density at radius 2 is 1.71 bits per heavy atom. The Kier molecular flexibility index (Phi) is 4.43. The number of nitro groups is 1. The predicted octanol–water partition coefficient (Wildman–Crippen LogP) is 3.21. The van der Waals surface area contributed by atoms with Crippen molar-refractivity contribution in [2.45, 2.75) is 17.0 Å². The van der Waals surface area contributed by atoms with Gasteiger partial charge in [-0.05, 0) is 25.2 Å². The third-order valence-electron chi connectivity index (χ3n) is 7.29. The van der Waals surface area contributed by atoms with Crippen molar-refractivity contribution in [3.05, 3.63) is 106 Å². The van der Waals surface area contributed by atoms with Gasteiger partial charge in [0.2, 0.25) is 11.4 Å². The first-order valence-corrected chi connectivity index (χ1v) is 11.1. The summed E-state index contributed by atoms with van der Waals surface area (Å²) < 4.78 is 5.77. The highest BCUT2D eigenvalue weighted by Crippen LogP contribution is 2.61. The van der Waals surface area contributed by atoms with E-state index in [0.717, 1.165) is 0 Å². The number of esters is 1. The molecule has 0 saturated carbocycles. The number of aliphatic imine (C=N–C) groups is 1. The van der Waals surface area contributed by atoms with Crippen LogP contribution in [0.15, 0.2) is 83.9 Å². The molecule has 9 heteroatoms. The maximum absolute atomic E-state index is 14.0. The van der Waals surface area contributed by atoms with Crippen molar-refractivity contribution < 1.29 is 19.2 Å². The van der Waals surface area contributed by atoms with Gasteiger partial charge in [-0.25, -0.2) is 9.79 Å². The second kappa shape index (κ2) is 7.31. The van der Waals surface area contributed by atoms with Crippen LogP contribution in [0.25, 0.3) is 0 Å². The molecule has 1 saturated heterocycles. The lowest BCUT2D eigenvalue weighted by Gasteiger charge is -2.39. The lowest BCUT2D eigenvalue weighted by atomic mass is 9.67. The van der Waals surface area contributed by atoms with Gasteiger partial charge in [-0.3, -0.25) is 19.8 Å². The number of hydrogen-bond donors (Lipinski definition) is 1. The third-order valence-corrected chi connectivity index (χ3v) is 7.29. The quantitative estimate of drug-likeness (QED) is 0.359. The van der Waals surface area contributed by atoms with Gasteiger partial charge in [0, 0.05) is 40.9 Å². The van der Waals surface area contributed by atoms with Crippen LogP contribution < -0.4 is 5.32 Å². The van der Waals surface area contributed by atoms with Crippen LogP contribution in [0, 0.1) is 10.1 Å². The molecule has 6 rings (SSSR count). The van der Waals surface area contributed by atoms with Gasteiger partial charge < -0.3 is 10.1 Å². The molecular formula is C26H20N4O5. The van der Waals surface area contributed by atoms with Crippen LogP contribution in [0.4, 0.5) is 11.4 Å². The summed E-state index contributed by atoms with van der Waals surface area (Å²) in [4.78, 5) is 46.0. The molecule has 174 valence electrons. The van der Waals surface area contributed by atoms with Crippen molar-refractivity contribution in [3.8, 4) is 0 Å². The molecule has 3 aromatic rings. The Morgan fingerprint density at radius 3 is 2.49 bits per heavy atom. The van der Waals surface area contributed by atoms with Crippen molar-refractivity contribution in [1.29, 1.82) is 0 Å². The molecule has 1 amide bonds. The fourth-order valence-electron chi connectivity index (χ4n) is 5.91. The molecule has 0 aliphatic carbocycles. The minimum absolute atomic E-state index is 0.0889. The number of para-hydroxylation sites is 2. The number of carbonyl (C=O) groups is 2. The van der Waals surface area contributed by atoms with Crippen LogP contribution >= 0.6 is 0 Å². The Bertz CT molecular complexity index is 1440. The molecule has 9 nitrogen and oxygen atoms in total. The number of rotatable bonds is 3. The summed E-state index contributed by atoms with van der Waals surface area (Å²) in [5, 5.41) is 14.9. The Hall–Kier alpha value is -4.37. The molecule has 3 aliphatic rings. The number of amides is 1. The second-order valence-electron chi connectivity index (χ2n) is 8.90. The Labute approximate surface area is 200 Å². The largest absolute Gasteiger partial charge is 0.405 e. The van der Waals surface area contributed by atoms with Crippen molar-refractivity contribution in [2.24, 2.45) is 4.99 Å². The zero-order chi connectivity index (χ0) is 24.4. The van der Waals surface area contributed by atoms with Crippen LogP contribution in [0.1, 0.15) is 22.6 Å². The normalized spacial score (nSPS) is 27.1. The number of anilines is 1. The van der Waals surface area contributed by atoms with Gasteiger partial charge in [-0.2, -0.15) is 0 Å². The van der Waals surface area contributed by atoms with E-state index in [-0.39, 0.29) is 18.1 Å². The third kappa shape index (κ3) is 2.58. The molecular weight excluding hydrogens is 448 g/mol. The monoisotopic (exact) mass is 468 g/mol. The summed E-state index contributed by atoms with van der Waals surface area (Å²) in [7, 11) is 1.74. The number of carbonyl (C=O) groups excluding carboxylic acids is 2. The number of nitrogens with zero attached hydrogens (tertiary/aromatic N) is 3. The highest BCUT2D eigenvalue weighted by molar-refractivity contribution is 6.17. The average Bonchev–Trinajstić information content (AvgIpc) is 3.46. The maximum atomic E-state index is 14.0. The molecule has 1 fully saturated rings. The van der Waals surface area contributed by atoms with E-state index in [9.17, 15) is 19.7 Å². The van der Waals surface area contributed by atoms with Crippen LogP contribution in [-0.4, -0.2) is 46.7 Å². The summed E-state index contributed by atoms with van der Waals surface area (Å²) in [6, 6.07) is 22.4. The van der Waals surface area contributed by atoms with Gasteiger partial charge in [0.15, 0.2) is 5.54 Å². The highest BCUT2D eigenvalue weighted by Gasteiger charge is 2.77. The van der Waals surface area contributed by atoms with Crippen LogP contribution in [0.5, 0.6) is 0 Å². The predicted molar refractivity (Wildman–Crippen MR) is 127 cm³/mol. The first-order valence-electron chi connectivity index (χ1n) is 11.1. The first-order chi connectivity index (χ1) is 16.9. The Balaban J connectivity index is 1.68. The van der Waals surface area contributed by atoms with Crippen LogP contribution in [0.2, 0.25) is 0 Å². The van der Waals surface area contributed by atoms with Crippen LogP contribution in [-0.2, 0) is 19.9 Å². The zero-order valence-electron chi connectivity index (χ0n) is 18.7. The number of nitrogens with one attached hydrogen (secondary N) is 1.